The monoisotopic (exact) mass is 739 g/mol. The molecule has 0 amide bonds. The molecule has 0 aliphatic heterocycles. The first-order valence-corrected chi connectivity index (χ1v) is 19.8. The van der Waals surface area contributed by atoms with Crippen LogP contribution in [0.15, 0.2) is 229 Å². The van der Waals surface area contributed by atoms with E-state index < -0.39 is 0 Å². The Hall–Kier alpha value is -7.68. The van der Waals surface area contributed by atoms with Gasteiger partial charge in [0.15, 0.2) is 0 Å². The summed E-state index contributed by atoms with van der Waals surface area (Å²) in [6.45, 7) is 0. The maximum Gasteiger partial charge on any atom is 0.136 e. The van der Waals surface area contributed by atoms with E-state index in [1.807, 2.05) is 12.1 Å². The number of benzene rings is 10. The number of rotatable bonds is 7. The van der Waals surface area contributed by atoms with Gasteiger partial charge in [-0.05, 0) is 103 Å². The van der Waals surface area contributed by atoms with Gasteiger partial charge in [-0.15, -0.1) is 0 Å². The third-order valence-corrected chi connectivity index (χ3v) is 11.5. The third-order valence-electron chi connectivity index (χ3n) is 11.5. The van der Waals surface area contributed by atoms with Crippen molar-refractivity contribution in [3.63, 3.8) is 0 Å². The summed E-state index contributed by atoms with van der Waals surface area (Å²) in [7, 11) is 0. The molecule has 0 fully saturated rings. The van der Waals surface area contributed by atoms with Gasteiger partial charge in [0.2, 0.25) is 0 Å². The van der Waals surface area contributed by atoms with Crippen LogP contribution < -0.4 is 4.90 Å². The van der Waals surface area contributed by atoms with Gasteiger partial charge in [-0.2, -0.15) is 0 Å². The van der Waals surface area contributed by atoms with E-state index in [0.29, 0.717) is 0 Å². The fourth-order valence-corrected chi connectivity index (χ4v) is 8.62. The number of para-hydroxylation sites is 1. The van der Waals surface area contributed by atoms with Gasteiger partial charge in [0.05, 0.1) is 5.69 Å². The molecule has 1 heterocycles. The van der Waals surface area contributed by atoms with Gasteiger partial charge in [0, 0.05) is 27.7 Å². The number of hydrogen-bond donors (Lipinski definition) is 0. The fourth-order valence-electron chi connectivity index (χ4n) is 8.62. The van der Waals surface area contributed by atoms with E-state index in [-0.39, 0.29) is 0 Å². The minimum atomic E-state index is 0.869. The first-order chi connectivity index (χ1) is 28.7. The van der Waals surface area contributed by atoms with E-state index in [1.54, 1.807) is 0 Å². The van der Waals surface area contributed by atoms with Crippen molar-refractivity contribution >= 4 is 60.3 Å². The molecule has 0 radical (unpaired) electrons. The third kappa shape index (κ3) is 5.91. The lowest BCUT2D eigenvalue weighted by Gasteiger charge is -2.28. The fraction of sp³-hybridized carbons (Fsp3) is 0. The number of nitrogens with zero attached hydrogens (tertiary/aromatic N) is 1. The molecular weight excluding hydrogens is 703 g/mol. The van der Waals surface area contributed by atoms with Crippen LogP contribution in [-0.4, -0.2) is 0 Å². The van der Waals surface area contributed by atoms with Crippen molar-refractivity contribution in [3.8, 4) is 44.7 Å². The van der Waals surface area contributed by atoms with Crippen molar-refractivity contribution in [1.29, 1.82) is 0 Å². The molecule has 0 spiro atoms. The standard InChI is InChI=1S/C56H37NO/c1-4-16-47-40(12-1)15-11-22-48(47)41-26-24-38(25-27-41)39-28-32-45(33-29-39)57(54-36-43-13-2-5-18-50(43)51-19-7-8-20-52(51)54)46-34-30-42(31-35-46)49-17-6-9-21-53(49)56-37-44-14-3-10-23-55(44)58-56/h1-37H. The van der Waals surface area contributed by atoms with Crippen molar-refractivity contribution in [2.45, 2.75) is 0 Å². The molecule has 2 nitrogen and oxygen atoms in total. The molecule has 0 unspecified atom stereocenters. The van der Waals surface area contributed by atoms with E-state index >= 15 is 0 Å². The lowest BCUT2D eigenvalue weighted by molar-refractivity contribution is 0.632. The largest absolute Gasteiger partial charge is 0.456 e. The molecule has 1 aromatic heterocycles. The molecule has 11 rings (SSSR count). The summed E-state index contributed by atoms with van der Waals surface area (Å²) < 4.78 is 6.34. The number of fused-ring (bicyclic) bond motifs is 5. The van der Waals surface area contributed by atoms with Crippen molar-refractivity contribution in [1.82, 2.24) is 0 Å². The van der Waals surface area contributed by atoms with Crippen LogP contribution in [-0.2, 0) is 0 Å². The van der Waals surface area contributed by atoms with E-state index in [9.17, 15) is 0 Å². The first kappa shape index (κ1) is 33.6. The summed E-state index contributed by atoms with van der Waals surface area (Å²) in [6, 6.07) is 80.7. The van der Waals surface area contributed by atoms with E-state index in [1.165, 1.54) is 54.6 Å². The van der Waals surface area contributed by atoms with Gasteiger partial charge in [-0.3, -0.25) is 0 Å². The maximum atomic E-state index is 6.34. The predicted octanol–water partition coefficient (Wildman–Crippen LogP) is 16.0. The second-order valence-electron chi connectivity index (χ2n) is 14.9. The lowest BCUT2D eigenvalue weighted by atomic mass is 9.96. The Morgan fingerprint density at radius 2 is 0.776 bits per heavy atom. The van der Waals surface area contributed by atoms with E-state index in [4.69, 9.17) is 4.42 Å². The van der Waals surface area contributed by atoms with E-state index in [2.05, 4.69) is 217 Å². The van der Waals surface area contributed by atoms with Crippen LogP contribution in [0.25, 0.3) is 88.0 Å². The molecule has 0 atom stereocenters. The molecule has 0 aliphatic carbocycles. The van der Waals surface area contributed by atoms with Crippen LogP contribution in [0.5, 0.6) is 0 Å². The second-order valence-corrected chi connectivity index (χ2v) is 14.9. The SMILES string of the molecule is c1ccc(-c2cc3ccccc3o2)c(-c2ccc(N(c3ccc(-c4ccc(-c5cccc6ccccc56)cc4)cc3)c3cc4ccccc4c4ccccc34)cc2)c1. The zero-order chi connectivity index (χ0) is 38.4. The molecule has 272 valence electrons. The molecule has 0 saturated heterocycles. The number of anilines is 3. The average molecular weight is 740 g/mol. The minimum absolute atomic E-state index is 0.869. The Balaban J connectivity index is 0.996. The first-order valence-electron chi connectivity index (χ1n) is 19.8. The Kier molecular flexibility index (Phi) is 8.19. The Bertz CT molecular complexity index is 3230. The smallest absolute Gasteiger partial charge is 0.136 e. The van der Waals surface area contributed by atoms with Crippen LogP contribution in [0.3, 0.4) is 0 Å². The second kappa shape index (κ2) is 14.1. The minimum Gasteiger partial charge on any atom is -0.456 e. The zero-order valence-corrected chi connectivity index (χ0v) is 31.7. The van der Waals surface area contributed by atoms with Crippen LogP contribution in [0.2, 0.25) is 0 Å². The summed E-state index contributed by atoms with van der Waals surface area (Å²) in [4.78, 5) is 2.40. The average Bonchev–Trinajstić information content (AvgIpc) is 3.74. The van der Waals surface area contributed by atoms with Crippen molar-refractivity contribution in [3.05, 3.63) is 224 Å². The van der Waals surface area contributed by atoms with Crippen LogP contribution in [0.1, 0.15) is 0 Å². The topological polar surface area (TPSA) is 16.4 Å². The highest BCUT2D eigenvalue weighted by molar-refractivity contribution is 6.14. The van der Waals surface area contributed by atoms with Gasteiger partial charge in [0.25, 0.3) is 0 Å². The molecule has 11 aromatic rings. The number of furan rings is 1. The molecule has 58 heavy (non-hydrogen) atoms. The van der Waals surface area contributed by atoms with Crippen LogP contribution in [0, 0.1) is 0 Å². The lowest BCUT2D eigenvalue weighted by Crippen LogP contribution is -2.10. The van der Waals surface area contributed by atoms with Crippen molar-refractivity contribution in [2.24, 2.45) is 0 Å². The maximum absolute atomic E-state index is 6.34. The Morgan fingerprint density at radius 3 is 1.50 bits per heavy atom. The van der Waals surface area contributed by atoms with Crippen molar-refractivity contribution in [2.75, 3.05) is 4.90 Å². The molecule has 2 heteroatoms. The summed E-state index contributed by atoms with van der Waals surface area (Å²) in [5, 5.41) is 8.53. The molecular formula is C56H37NO. The van der Waals surface area contributed by atoms with Crippen LogP contribution in [0.4, 0.5) is 17.1 Å². The summed E-state index contributed by atoms with van der Waals surface area (Å²) in [5.74, 6) is 0.869. The summed E-state index contributed by atoms with van der Waals surface area (Å²) in [6.07, 6.45) is 0. The van der Waals surface area contributed by atoms with Crippen LogP contribution >= 0.6 is 0 Å². The molecule has 0 N–H and O–H groups in total. The number of hydrogen-bond acceptors (Lipinski definition) is 2. The highest BCUT2D eigenvalue weighted by Crippen LogP contribution is 2.44. The van der Waals surface area contributed by atoms with Gasteiger partial charge in [-0.1, -0.05) is 182 Å². The van der Waals surface area contributed by atoms with Gasteiger partial charge in [0.1, 0.15) is 11.3 Å². The molecule has 10 aromatic carbocycles. The summed E-state index contributed by atoms with van der Waals surface area (Å²) >= 11 is 0. The molecule has 0 aliphatic rings. The van der Waals surface area contributed by atoms with Gasteiger partial charge < -0.3 is 9.32 Å². The molecule has 0 bridgehead atoms. The highest BCUT2D eigenvalue weighted by atomic mass is 16.3. The van der Waals surface area contributed by atoms with E-state index in [0.717, 1.165) is 50.5 Å². The quantitative estimate of drug-likeness (QED) is 0.151. The zero-order valence-electron chi connectivity index (χ0n) is 31.7. The summed E-state index contributed by atoms with van der Waals surface area (Å²) in [5.41, 5.74) is 12.4. The molecule has 0 saturated carbocycles. The highest BCUT2D eigenvalue weighted by Gasteiger charge is 2.19. The van der Waals surface area contributed by atoms with Crippen molar-refractivity contribution < 1.29 is 4.42 Å². The van der Waals surface area contributed by atoms with Gasteiger partial charge in [-0.25, -0.2) is 0 Å². The van der Waals surface area contributed by atoms with Gasteiger partial charge >= 0.3 is 0 Å². The Morgan fingerprint density at radius 1 is 0.293 bits per heavy atom. The predicted molar refractivity (Wildman–Crippen MR) is 245 cm³/mol. The normalized spacial score (nSPS) is 11.4. The Labute approximate surface area is 337 Å².